The molecule has 30 heavy (non-hydrogen) atoms. The van der Waals surface area contributed by atoms with Gasteiger partial charge >= 0.3 is 0 Å². The Hall–Kier alpha value is -1.52. The highest BCUT2D eigenvalue weighted by Crippen LogP contribution is 2.26. The normalized spacial score (nSPS) is 18.5. The van der Waals surface area contributed by atoms with Crippen molar-refractivity contribution in [3.63, 3.8) is 0 Å². The van der Waals surface area contributed by atoms with Crippen LogP contribution in [0.5, 0.6) is 0 Å². The van der Waals surface area contributed by atoms with Crippen molar-refractivity contribution in [2.24, 2.45) is 5.92 Å². The first kappa shape index (κ1) is 21.7. The van der Waals surface area contributed by atoms with E-state index in [-0.39, 0.29) is 11.8 Å². The maximum atomic E-state index is 12.7. The van der Waals surface area contributed by atoms with Crippen molar-refractivity contribution in [1.29, 1.82) is 0 Å². The standard InChI is InChI=1S/C20H26ClN5O2S2/c1-14-2-3-16(12-17(14)21)22-19-23-26(20(29)30-19)13-24-6-4-15(5-7-24)18(27)25-8-10-28-11-9-25/h2-3,12,15H,4-11,13H2,1H3,(H,22,23). The fraction of sp³-hybridized carbons (Fsp3) is 0.550. The molecular weight excluding hydrogens is 442 g/mol. The minimum Gasteiger partial charge on any atom is -0.378 e. The molecule has 0 unspecified atom stereocenters. The number of anilines is 2. The van der Waals surface area contributed by atoms with Crippen LogP contribution >= 0.6 is 35.2 Å². The summed E-state index contributed by atoms with van der Waals surface area (Å²) in [5.41, 5.74) is 1.93. The van der Waals surface area contributed by atoms with E-state index in [2.05, 4.69) is 15.3 Å². The number of carbonyl (C=O) groups excluding carboxylic acids is 1. The summed E-state index contributed by atoms with van der Waals surface area (Å²) in [4.78, 5) is 17.0. The third-order valence-electron chi connectivity index (χ3n) is 5.62. The van der Waals surface area contributed by atoms with Crippen LogP contribution in [0.25, 0.3) is 0 Å². The van der Waals surface area contributed by atoms with Crippen molar-refractivity contribution in [2.75, 3.05) is 44.7 Å². The molecule has 4 rings (SSSR count). The molecule has 162 valence electrons. The van der Waals surface area contributed by atoms with Crippen LogP contribution in [0, 0.1) is 16.8 Å². The van der Waals surface area contributed by atoms with Crippen molar-refractivity contribution < 1.29 is 9.53 Å². The number of nitrogens with zero attached hydrogens (tertiary/aromatic N) is 4. The number of amides is 1. The topological polar surface area (TPSA) is 62.6 Å². The average Bonchev–Trinajstić information content (AvgIpc) is 3.10. The van der Waals surface area contributed by atoms with Crippen LogP contribution in [0.2, 0.25) is 5.02 Å². The lowest BCUT2D eigenvalue weighted by Gasteiger charge is -2.35. The lowest BCUT2D eigenvalue weighted by atomic mass is 9.95. The van der Waals surface area contributed by atoms with E-state index >= 15 is 0 Å². The quantitative estimate of drug-likeness (QED) is 0.673. The van der Waals surface area contributed by atoms with Crippen molar-refractivity contribution >= 4 is 51.9 Å². The number of aryl methyl sites for hydroxylation is 1. The SMILES string of the molecule is Cc1ccc(Nc2nn(CN3CCC(C(=O)N4CCOCC4)CC3)c(=S)s2)cc1Cl. The third-order valence-corrected chi connectivity index (χ3v) is 7.25. The van der Waals surface area contributed by atoms with Crippen molar-refractivity contribution in [1.82, 2.24) is 19.6 Å². The van der Waals surface area contributed by atoms with Crippen LogP contribution in [0.4, 0.5) is 10.8 Å². The molecule has 0 aliphatic carbocycles. The van der Waals surface area contributed by atoms with Crippen LogP contribution < -0.4 is 5.32 Å². The molecule has 1 N–H and O–H groups in total. The summed E-state index contributed by atoms with van der Waals surface area (Å²) in [6.45, 7) is 7.10. The van der Waals surface area contributed by atoms with Gasteiger partial charge in [0.2, 0.25) is 11.0 Å². The van der Waals surface area contributed by atoms with E-state index in [1.54, 1.807) is 0 Å². The molecule has 0 saturated carbocycles. The number of rotatable bonds is 5. The molecule has 1 aromatic heterocycles. The van der Waals surface area contributed by atoms with Crippen LogP contribution in [-0.2, 0) is 16.2 Å². The number of carbonyl (C=O) groups is 1. The Morgan fingerprint density at radius 2 is 2.03 bits per heavy atom. The Morgan fingerprint density at radius 3 is 2.73 bits per heavy atom. The molecule has 3 heterocycles. The number of halogens is 1. The second kappa shape index (κ2) is 9.74. The Morgan fingerprint density at radius 1 is 1.30 bits per heavy atom. The number of piperidine rings is 1. The zero-order chi connectivity index (χ0) is 21.1. The van der Waals surface area contributed by atoms with Gasteiger partial charge < -0.3 is 15.0 Å². The average molecular weight is 468 g/mol. The molecule has 2 aliphatic heterocycles. The van der Waals surface area contributed by atoms with Crippen molar-refractivity contribution in [2.45, 2.75) is 26.4 Å². The number of likely N-dealkylation sites (tertiary alicyclic amines) is 1. The molecule has 1 amide bonds. The first-order chi connectivity index (χ1) is 14.5. The monoisotopic (exact) mass is 467 g/mol. The Bertz CT molecular complexity index is 949. The van der Waals surface area contributed by atoms with Gasteiger partial charge in [-0.05, 0) is 49.7 Å². The van der Waals surface area contributed by atoms with Crippen LogP contribution in [0.15, 0.2) is 18.2 Å². The van der Waals surface area contributed by atoms with Gasteiger partial charge in [0.15, 0.2) is 3.95 Å². The van der Waals surface area contributed by atoms with E-state index in [4.69, 9.17) is 28.6 Å². The van der Waals surface area contributed by atoms with Crippen LogP contribution in [-0.4, -0.2) is 64.9 Å². The van der Waals surface area contributed by atoms with Gasteiger partial charge in [0.1, 0.15) is 0 Å². The Labute approximate surface area is 190 Å². The van der Waals surface area contributed by atoms with E-state index in [1.165, 1.54) is 11.3 Å². The number of benzene rings is 1. The van der Waals surface area contributed by atoms with Gasteiger partial charge in [0, 0.05) is 42.8 Å². The number of hydrogen-bond donors (Lipinski definition) is 1. The summed E-state index contributed by atoms with van der Waals surface area (Å²) in [7, 11) is 0. The van der Waals surface area contributed by atoms with E-state index in [1.807, 2.05) is 34.7 Å². The lowest BCUT2D eigenvalue weighted by molar-refractivity contribution is -0.141. The van der Waals surface area contributed by atoms with Crippen molar-refractivity contribution in [3.05, 3.63) is 32.7 Å². The summed E-state index contributed by atoms with van der Waals surface area (Å²) in [6.07, 6.45) is 1.75. The molecule has 2 aliphatic rings. The molecule has 0 bridgehead atoms. The zero-order valence-corrected chi connectivity index (χ0v) is 19.4. The van der Waals surface area contributed by atoms with E-state index in [0.717, 1.165) is 64.4 Å². The fourth-order valence-electron chi connectivity index (χ4n) is 3.79. The maximum Gasteiger partial charge on any atom is 0.225 e. The molecular formula is C20H26ClN5O2S2. The predicted molar refractivity (Wildman–Crippen MR) is 122 cm³/mol. The van der Waals surface area contributed by atoms with Gasteiger partial charge in [-0.2, -0.15) is 0 Å². The van der Waals surface area contributed by atoms with E-state index in [9.17, 15) is 4.79 Å². The summed E-state index contributed by atoms with van der Waals surface area (Å²) >= 11 is 13.2. The van der Waals surface area contributed by atoms with Gasteiger partial charge in [0.05, 0.1) is 19.9 Å². The van der Waals surface area contributed by atoms with Crippen molar-refractivity contribution in [3.8, 4) is 0 Å². The van der Waals surface area contributed by atoms with Gasteiger partial charge in [0.25, 0.3) is 0 Å². The molecule has 0 atom stereocenters. The van der Waals surface area contributed by atoms with E-state index < -0.39 is 0 Å². The molecule has 2 aromatic rings. The minimum absolute atomic E-state index is 0.117. The third kappa shape index (κ3) is 5.20. The van der Waals surface area contributed by atoms with Gasteiger partial charge in [-0.1, -0.05) is 29.0 Å². The highest BCUT2D eigenvalue weighted by atomic mass is 35.5. The number of aromatic nitrogens is 2. The largest absolute Gasteiger partial charge is 0.378 e. The molecule has 2 fully saturated rings. The first-order valence-electron chi connectivity index (χ1n) is 10.2. The van der Waals surface area contributed by atoms with Crippen LogP contribution in [0.3, 0.4) is 0 Å². The Kier molecular flexibility index (Phi) is 7.05. The lowest BCUT2D eigenvalue weighted by Crippen LogP contribution is -2.47. The molecule has 0 spiro atoms. The highest BCUT2D eigenvalue weighted by molar-refractivity contribution is 7.73. The maximum absolute atomic E-state index is 12.7. The fourth-order valence-corrected chi connectivity index (χ4v) is 4.99. The Balaban J connectivity index is 1.31. The van der Waals surface area contributed by atoms with Gasteiger partial charge in [-0.15, -0.1) is 5.10 Å². The summed E-state index contributed by atoms with van der Waals surface area (Å²) in [6, 6.07) is 5.84. The highest BCUT2D eigenvalue weighted by Gasteiger charge is 2.29. The number of ether oxygens (including phenoxy) is 1. The number of morpholine rings is 1. The van der Waals surface area contributed by atoms with E-state index in [0.29, 0.717) is 19.9 Å². The second-order valence-corrected chi connectivity index (χ2v) is 9.76. The molecule has 0 radical (unpaired) electrons. The summed E-state index contributed by atoms with van der Waals surface area (Å²) < 4.78 is 7.92. The number of nitrogens with one attached hydrogen (secondary N) is 1. The summed E-state index contributed by atoms with van der Waals surface area (Å²) in [5.74, 6) is 0.401. The number of hydrogen-bond acceptors (Lipinski definition) is 7. The smallest absolute Gasteiger partial charge is 0.225 e. The summed E-state index contributed by atoms with van der Waals surface area (Å²) in [5, 5.41) is 9.38. The van der Waals surface area contributed by atoms with Gasteiger partial charge in [-0.25, -0.2) is 4.68 Å². The van der Waals surface area contributed by atoms with Crippen LogP contribution in [0.1, 0.15) is 18.4 Å². The zero-order valence-electron chi connectivity index (χ0n) is 17.0. The molecule has 2 saturated heterocycles. The minimum atomic E-state index is 0.117. The molecule has 7 nitrogen and oxygen atoms in total. The molecule has 1 aromatic carbocycles. The predicted octanol–water partition coefficient (Wildman–Crippen LogP) is 3.91. The second-order valence-electron chi connectivity index (χ2n) is 7.73. The molecule has 10 heteroatoms. The first-order valence-corrected chi connectivity index (χ1v) is 11.8. The van der Waals surface area contributed by atoms with Gasteiger partial charge in [-0.3, -0.25) is 9.69 Å².